The van der Waals surface area contributed by atoms with Gasteiger partial charge in [-0.2, -0.15) is 0 Å². The van der Waals surface area contributed by atoms with Crippen LogP contribution in [0, 0.1) is 13.8 Å². The predicted octanol–water partition coefficient (Wildman–Crippen LogP) is 4.15. The smallest absolute Gasteiger partial charge is 0.235 e. The number of aryl methyl sites for hydroxylation is 2. The summed E-state index contributed by atoms with van der Waals surface area (Å²) in [6, 6.07) is 17.6. The van der Waals surface area contributed by atoms with Crippen LogP contribution < -0.4 is 10.6 Å². The second kappa shape index (κ2) is 6.60. The SMILES string of the molecule is Cc1ccc([C@@H]2C[C@H](c3ccc(C)cc3)C3=C(NC(=O)CS3)N2)cc1. The van der Waals surface area contributed by atoms with E-state index in [-0.39, 0.29) is 11.9 Å². The van der Waals surface area contributed by atoms with Crippen molar-refractivity contribution in [2.75, 3.05) is 5.75 Å². The highest BCUT2D eigenvalue weighted by molar-refractivity contribution is 8.03. The van der Waals surface area contributed by atoms with Crippen LogP contribution in [0.25, 0.3) is 0 Å². The van der Waals surface area contributed by atoms with E-state index >= 15 is 0 Å². The zero-order valence-corrected chi connectivity index (χ0v) is 15.3. The first-order valence-corrected chi connectivity index (χ1v) is 9.65. The maximum Gasteiger partial charge on any atom is 0.235 e. The van der Waals surface area contributed by atoms with Gasteiger partial charge in [-0.1, -0.05) is 59.7 Å². The van der Waals surface area contributed by atoms with Gasteiger partial charge in [-0.25, -0.2) is 0 Å². The first-order valence-electron chi connectivity index (χ1n) is 8.66. The minimum Gasteiger partial charge on any atom is -0.364 e. The Hall–Kier alpha value is -2.20. The van der Waals surface area contributed by atoms with Gasteiger partial charge in [-0.3, -0.25) is 4.79 Å². The zero-order valence-electron chi connectivity index (χ0n) is 14.5. The molecule has 0 spiro atoms. The fraction of sp³-hybridized carbons (Fsp3) is 0.286. The van der Waals surface area contributed by atoms with Gasteiger partial charge in [0.15, 0.2) is 0 Å². The Bertz CT molecular complexity index is 824. The summed E-state index contributed by atoms with van der Waals surface area (Å²) in [5, 5.41) is 6.61. The van der Waals surface area contributed by atoms with E-state index in [1.807, 2.05) is 0 Å². The van der Waals surface area contributed by atoms with Crippen LogP contribution >= 0.6 is 11.8 Å². The molecule has 3 nitrogen and oxygen atoms in total. The van der Waals surface area contributed by atoms with Crippen LogP contribution in [0.1, 0.15) is 40.6 Å². The van der Waals surface area contributed by atoms with Gasteiger partial charge >= 0.3 is 0 Å². The molecular weight excluding hydrogens is 328 g/mol. The quantitative estimate of drug-likeness (QED) is 0.855. The summed E-state index contributed by atoms with van der Waals surface area (Å²) in [6.45, 7) is 4.22. The lowest BCUT2D eigenvalue weighted by atomic mass is 9.86. The second-order valence-electron chi connectivity index (χ2n) is 6.88. The number of thioether (sulfide) groups is 1. The van der Waals surface area contributed by atoms with E-state index in [9.17, 15) is 4.79 Å². The van der Waals surface area contributed by atoms with Crippen molar-refractivity contribution in [2.24, 2.45) is 0 Å². The third-order valence-corrected chi connectivity index (χ3v) is 6.14. The molecule has 2 heterocycles. The summed E-state index contributed by atoms with van der Waals surface area (Å²) < 4.78 is 0. The first-order chi connectivity index (χ1) is 12.1. The highest BCUT2D eigenvalue weighted by atomic mass is 32.2. The molecule has 2 N–H and O–H groups in total. The third kappa shape index (κ3) is 3.31. The lowest BCUT2D eigenvalue weighted by Crippen LogP contribution is -2.42. The van der Waals surface area contributed by atoms with Crippen LogP contribution in [0.2, 0.25) is 0 Å². The molecule has 2 aliphatic rings. The van der Waals surface area contributed by atoms with Crippen LogP contribution in [0.15, 0.2) is 59.3 Å². The fourth-order valence-corrected chi connectivity index (χ4v) is 4.56. The molecule has 0 aliphatic carbocycles. The molecule has 4 heteroatoms. The Morgan fingerprint density at radius 1 is 0.920 bits per heavy atom. The van der Waals surface area contributed by atoms with Crippen molar-refractivity contribution in [3.8, 4) is 0 Å². The minimum atomic E-state index is 0.0727. The van der Waals surface area contributed by atoms with E-state index in [4.69, 9.17) is 0 Å². The van der Waals surface area contributed by atoms with Crippen molar-refractivity contribution in [3.05, 3.63) is 81.5 Å². The first kappa shape index (κ1) is 16.3. The molecule has 128 valence electrons. The van der Waals surface area contributed by atoms with Gasteiger partial charge in [-0.15, -0.1) is 11.8 Å². The van der Waals surface area contributed by atoms with Crippen molar-refractivity contribution in [2.45, 2.75) is 32.2 Å². The summed E-state index contributed by atoms with van der Waals surface area (Å²) in [4.78, 5) is 13.1. The normalized spacial score (nSPS) is 22.9. The van der Waals surface area contributed by atoms with E-state index in [1.165, 1.54) is 27.2 Å². The minimum absolute atomic E-state index is 0.0727. The predicted molar refractivity (Wildman–Crippen MR) is 103 cm³/mol. The number of nitrogens with one attached hydrogen (secondary N) is 2. The number of rotatable bonds is 2. The van der Waals surface area contributed by atoms with Gasteiger partial charge in [0.05, 0.1) is 11.8 Å². The molecule has 0 unspecified atom stereocenters. The van der Waals surface area contributed by atoms with Crippen molar-refractivity contribution < 1.29 is 4.79 Å². The molecule has 0 saturated carbocycles. The molecule has 2 aromatic rings. The van der Waals surface area contributed by atoms with Crippen molar-refractivity contribution in [3.63, 3.8) is 0 Å². The highest BCUT2D eigenvalue weighted by Gasteiger charge is 2.34. The lowest BCUT2D eigenvalue weighted by Gasteiger charge is -2.37. The van der Waals surface area contributed by atoms with Crippen LogP contribution in [-0.2, 0) is 4.79 Å². The van der Waals surface area contributed by atoms with E-state index in [0.29, 0.717) is 11.7 Å². The second-order valence-corrected chi connectivity index (χ2v) is 7.90. The Morgan fingerprint density at radius 3 is 2.16 bits per heavy atom. The van der Waals surface area contributed by atoms with Crippen LogP contribution in [0.5, 0.6) is 0 Å². The van der Waals surface area contributed by atoms with E-state index < -0.39 is 0 Å². The average molecular weight is 350 g/mol. The third-order valence-electron chi connectivity index (χ3n) is 4.94. The molecule has 0 fully saturated rings. The molecular formula is C21H22N2OS. The maximum absolute atomic E-state index is 11.9. The number of hydrogen-bond acceptors (Lipinski definition) is 3. The molecule has 1 amide bonds. The molecule has 0 aromatic heterocycles. The monoisotopic (exact) mass is 350 g/mol. The van der Waals surface area contributed by atoms with Gasteiger partial charge in [0.2, 0.25) is 5.91 Å². The summed E-state index contributed by atoms with van der Waals surface area (Å²) >= 11 is 1.67. The van der Waals surface area contributed by atoms with Crippen LogP contribution in [0.3, 0.4) is 0 Å². The fourth-order valence-electron chi connectivity index (χ4n) is 3.51. The van der Waals surface area contributed by atoms with Gasteiger partial charge in [-0.05, 0) is 31.4 Å². The molecule has 0 saturated heterocycles. The largest absolute Gasteiger partial charge is 0.364 e. The zero-order chi connectivity index (χ0) is 17.4. The molecule has 2 aliphatic heterocycles. The lowest BCUT2D eigenvalue weighted by molar-refractivity contribution is -0.118. The van der Waals surface area contributed by atoms with Crippen LogP contribution in [-0.4, -0.2) is 11.7 Å². The summed E-state index contributed by atoms with van der Waals surface area (Å²) in [5.74, 6) is 1.78. The molecule has 25 heavy (non-hydrogen) atoms. The Balaban J connectivity index is 1.72. The molecule has 2 aromatic carbocycles. The van der Waals surface area contributed by atoms with Crippen molar-refractivity contribution >= 4 is 17.7 Å². The number of carbonyl (C=O) groups excluding carboxylic acids is 1. The van der Waals surface area contributed by atoms with Gasteiger partial charge < -0.3 is 10.6 Å². The maximum atomic E-state index is 11.9. The molecule has 4 rings (SSSR count). The number of benzene rings is 2. The van der Waals surface area contributed by atoms with Crippen molar-refractivity contribution in [1.82, 2.24) is 10.6 Å². The topological polar surface area (TPSA) is 41.1 Å². The van der Waals surface area contributed by atoms with Crippen LogP contribution in [0.4, 0.5) is 0 Å². The van der Waals surface area contributed by atoms with E-state index in [2.05, 4.69) is 73.0 Å². The average Bonchev–Trinajstić information content (AvgIpc) is 2.62. The standard InChI is InChI=1S/C21H22N2OS/c1-13-3-7-15(8-4-13)17-11-18(16-9-5-14(2)6-10-16)22-21-20(17)25-12-19(24)23-21/h3-10,17-18,22H,11-12H2,1-2H3,(H,23,24)/t17-,18+/m1/s1. The number of amides is 1. The summed E-state index contributed by atoms with van der Waals surface area (Å²) in [7, 11) is 0. The van der Waals surface area contributed by atoms with Gasteiger partial charge in [0.25, 0.3) is 0 Å². The van der Waals surface area contributed by atoms with E-state index in [0.717, 1.165) is 12.2 Å². The number of hydrogen-bond donors (Lipinski definition) is 2. The molecule has 0 radical (unpaired) electrons. The van der Waals surface area contributed by atoms with Crippen molar-refractivity contribution in [1.29, 1.82) is 0 Å². The summed E-state index contributed by atoms with van der Waals surface area (Å²) in [6.07, 6.45) is 0.994. The number of carbonyl (C=O) groups is 1. The molecule has 0 bridgehead atoms. The number of allylic oxidation sites excluding steroid dienone is 1. The van der Waals surface area contributed by atoms with Gasteiger partial charge in [0.1, 0.15) is 5.82 Å². The highest BCUT2D eigenvalue weighted by Crippen LogP contribution is 2.45. The Morgan fingerprint density at radius 2 is 1.52 bits per heavy atom. The summed E-state index contributed by atoms with van der Waals surface area (Å²) in [5.41, 5.74) is 5.11. The Kier molecular flexibility index (Phi) is 4.30. The van der Waals surface area contributed by atoms with Gasteiger partial charge in [0, 0.05) is 10.8 Å². The molecule has 2 atom stereocenters. The Labute approximate surface area is 152 Å². The van der Waals surface area contributed by atoms with E-state index in [1.54, 1.807) is 11.8 Å².